The fraction of sp³-hybridized carbons (Fsp3) is 0.444. The molecule has 0 bridgehead atoms. The lowest BCUT2D eigenvalue weighted by Crippen LogP contribution is -2.46. The van der Waals surface area contributed by atoms with E-state index in [1.165, 1.54) is 6.92 Å². The molecule has 0 aliphatic carbocycles. The van der Waals surface area contributed by atoms with Crippen molar-refractivity contribution in [1.82, 2.24) is 20.2 Å². The van der Waals surface area contributed by atoms with Crippen LogP contribution in [0.5, 0.6) is 0 Å². The van der Waals surface area contributed by atoms with Crippen LogP contribution in [0.1, 0.15) is 43.0 Å². The van der Waals surface area contributed by atoms with Crippen LogP contribution in [-0.4, -0.2) is 51.6 Å². The number of benzene rings is 1. The first-order valence-corrected chi connectivity index (χ1v) is 8.54. The predicted molar refractivity (Wildman–Crippen MR) is 93.1 cm³/mol. The molecule has 0 atom stereocenters. The Balaban J connectivity index is 1.50. The molecule has 1 aliphatic rings. The van der Waals surface area contributed by atoms with E-state index in [2.05, 4.69) is 15.3 Å². The van der Waals surface area contributed by atoms with Crippen LogP contribution >= 0.6 is 0 Å². The molecular weight excluding hydrogens is 320 g/mol. The molecule has 1 saturated heterocycles. The van der Waals surface area contributed by atoms with Crippen molar-refractivity contribution in [2.45, 2.75) is 38.6 Å². The van der Waals surface area contributed by atoms with Crippen molar-refractivity contribution < 1.29 is 14.4 Å². The van der Waals surface area contributed by atoms with E-state index in [0.717, 1.165) is 23.9 Å². The molecule has 1 aliphatic heterocycles. The molecule has 0 spiro atoms. The number of imidazole rings is 1. The minimum atomic E-state index is -0.113. The molecule has 2 N–H and O–H groups in total. The second-order valence-electron chi connectivity index (χ2n) is 6.47. The molecule has 1 aromatic carbocycles. The molecular formula is C18H22N4O3. The topological polar surface area (TPSA) is 95.2 Å². The molecule has 1 fully saturated rings. The quantitative estimate of drug-likeness (QED) is 0.864. The van der Waals surface area contributed by atoms with Crippen molar-refractivity contribution in [2.24, 2.45) is 0 Å². The highest BCUT2D eigenvalue weighted by atomic mass is 16.2. The number of hydrogen-bond acceptors (Lipinski definition) is 4. The Morgan fingerprint density at radius 1 is 1.24 bits per heavy atom. The number of likely N-dealkylation sites (tertiary alicyclic amines) is 1. The Morgan fingerprint density at radius 2 is 2.00 bits per heavy atom. The Morgan fingerprint density at radius 3 is 2.72 bits per heavy atom. The van der Waals surface area contributed by atoms with Gasteiger partial charge in [-0.15, -0.1) is 0 Å². The van der Waals surface area contributed by atoms with Crippen LogP contribution in [0.15, 0.2) is 24.5 Å². The monoisotopic (exact) mass is 342 g/mol. The SMILES string of the molecule is CC(=O)CCC(=O)N1CCC(NC(=O)c2ccc3nc[nH]c3c2)CC1. The highest BCUT2D eigenvalue weighted by molar-refractivity contribution is 5.97. The second kappa shape index (κ2) is 7.46. The number of amides is 2. The number of ketones is 1. The van der Waals surface area contributed by atoms with Gasteiger partial charge in [-0.3, -0.25) is 9.59 Å². The summed E-state index contributed by atoms with van der Waals surface area (Å²) < 4.78 is 0. The fourth-order valence-corrected chi connectivity index (χ4v) is 3.06. The van der Waals surface area contributed by atoms with Crippen molar-refractivity contribution in [1.29, 1.82) is 0 Å². The molecule has 0 unspecified atom stereocenters. The van der Waals surface area contributed by atoms with Crippen molar-refractivity contribution in [3.05, 3.63) is 30.1 Å². The highest BCUT2D eigenvalue weighted by Gasteiger charge is 2.24. The number of aromatic nitrogens is 2. The number of nitrogens with zero attached hydrogens (tertiary/aromatic N) is 2. The molecule has 7 heteroatoms. The lowest BCUT2D eigenvalue weighted by atomic mass is 10.0. The van der Waals surface area contributed by atoms with Crippen LogP contribution in [0, 0.1) is 0 Å². The number of Topliss-reactive ketones (excluding diaryl/α,β-unsaturated/α-hetero) is 1. The maximum absolute atomic E-state index is 12.4. The largest absolute Gasteiger partial charge is 0.349 e. The van der Waals surface area contributed by atoms with Gasteiger partial charge < -0.3 is 20.0 Å². The van der Waals surface area contributed by atoms with Gasteiger partial charge in [0.1, 0.15) is 5.78 Å². The Kier molecular flexibility index (Phi) is 5.11. The van der Waals surface area contributed by atoms with E-state index in [1.807, 2.05) is 6.07 Å². The average molecular weight is 342 g/mol. The number of carbonyl (C=O) groups is 3. The Hall–Kier alpha value is -2.70. The summed E-state index contributed by atoms with van der Waals surface area (Å²) in [5.41, 5.74) is 2.25. The molecule has 132 valence electrons. The summed E-state index contributed by atoms with van der Waals surface area (Å²) in [6.07, 6.45) is 3.63. The van der Waals surface area contributed by atoms with E-state index in [1.54, 1.807) is 23.4 Å². The van der Waals surface area contributed by atoms with Gasteiger partial charge >= 0.3 is 0 Å². The number of carbonyl (C=O) groups excluding carboxylic acids is 3. The summed E-state index contributed by atoms with van der Waals surface area (Å²) in [5.74, 6) is -0.0627. The number of hydrogen-bond donors (Lipinski definition) is 2. The van der Waals surface area contributed by atoms with Gasteiger partial charge in [-0.2, -0.15) is 0 Å². The highest BCUT2D eigenvalue weighted by Crippen LogP contribution is 2.15. The van der Waals surface area contributed by atoms with Crippen LogP contribution in [0.25, 0.3) is 11.0 Å². The van der Waals surface area contributed by atoms with Gasteiger partial charge in [-0.1, -0.05) is 0 Å². The standard InChI is InChI=1S/C18H22N4O3/c1-12(23)2-5-17(24)22-8-6-14(7-9-22)21-18(25)13-3-4-15-16(10-13)20-11-19-15/h3-4,10-11,14H,2,5-9H2,1H3,(H,19,20)(H,21,25). The van der Waals surface area contributed by atoms with Crippen molar-refractivity contribution in [3.63, 3.8) is 0 Å². The molecule has 0 radical (unpaired) electrons. The third-order valence-electron chi connectivity index (χ3n) is 4.56. The van der Waals surface area contributed by atoms with E-state index in [-0.39, 0.29) is 30.1 Å². The zero-order chi connectivity index (χ0) is 17.8. The maximum atomic E-state index is 12.4. The number of aromatic amines is 1. The number of H-pyrrole nitrogens is 1. The maximum Gasteiger partial charge on any atom is 0.251 e. The first kappa shape index (κ1) is 17.1. The summed E-state index contributed by atoms with van der Waals surface area (Å²) in [4.78, 5) is 44.3. The lowest BCUT2D eigenvalue weighted by molar-refractivity contribution is -0.133. The van der Waals surface area contributed by atoms with Gasteiger partial charge in [0.05, 0.1) is 17.4 Å². The van der Waals surface area contributed by atoms with E-state index in [4.69, 9.17) is 0 Å². The van der Waals surface area contributed by atoms with Crippen LogP contribution < -0.4 is 5.32 Å². The third-order valence-corrected chi connectivity index (χ3v) is 4.56. The first-order chi connectivity index (χ1) is 12.0. The van der Waals surface area contributed by atoms with Gasteiger partial charge in [-0.05, 0) is 38.0 Å². The predicted octanol–water partition coefficient (Wildman–Crippen LogP) is 1.65. The zero-order valence-electron chi connectivity index (χ0n) is 14.2. The van der Waals surface area contributed by atoms with Crippen LogP contribution in [0.4, 0.5) is 0 Å². The zero-order valence-corrected chi connectivity index (χ0v) is 14.2. The normalized spacial score (nSPS) is 15.3. The third kappa shape index (κ3) is 4.23. The van der Waals surface area contributed by atoms with Gasteiger partial charge in [0.25, 0.3) is 5.91 Å². The average Bonchev–Trinajstić information content (AvgIpc) is 3.08. The smallest absolute Gasteiger partial charge is 0.251 e. The Labute approximate surface area is 145 Å². The van der Waals surface area contributed by atoms with Crippen molar-refractivity contribution >= 4 is 28.6 Å². The first-order valence-electron chi connectivity index (χ1n) is 8.54. The van der Waals surface area contributed by atoms with E-state index in [0.29, 0.717) is 25.1 Å². The minimum Gasteiger partial charge on any atom is -0.349 e. The number of piperidine rings is 1. The molecule has 2 aromatic rings. The summed E-state index contributed by atoms with van der Waals surface area (Å²) in [7, 11) is 0. The molecule has 25 heavy (non-hydrogen) atoms. The van der Waals surface area contributed by atoms with Gasteiger partial charge in [-0.25, -0.2) is 4.98 Å². The number of fused-ring (bicyclic) bond motifs is 1. The number of nitrogens with one attached hydrogen (secondary N) is 2. The molecule has 1 aromatic heterocycles. The second-order valence-corrected chi connectivity index (χ2v) is 6.47. The van der Waals surface area contributed by atoms with Crippen LogP contribution in [0.3, 0.4) is 0 Å². The summed E-state index contributed by atoms with van der Waals surface area (Å²) in [6, 6.07) is 5.43. The minimum absolute atomic E-state index is 0.0182. The molecule has 0 saturated carbocycles. The molecule has 2 heterocycles. The van der Waals surface area contributed by atoms with E-state index >= 15 is 0 Å². The van der Waals surface area contributed by atoms with Crippen LogP contribution in [0.2, 0.25) is 0 Å². The summed E-state index contributed by atoms with van der Waals surface area (Å²) in [5, 5.41) is 3.04. The van der Waals surface area contributed by atoms with E-state index < -0.39 is 0 Å². The molecule has 3 rings (SSSR count). The van der Waals surface area contributed by atoms with Crippen molar-refractivity contribution in [2.75, 3.05) is 13.1 Å². The lowest BCUT2D eigenvalue weighted by Gasteiger charge is -2.32. The van der Waals surface area contributed by atoms with E-state index in [9.17, 15) is 14.4 Å². The van der Waals surface area contributed by atoms with Gasteiger partial charge in [0.2, 0.25) is 5.91 Å². The number of rotatable bonds is 5. The van der Waals surface area contributed by atoms with Crippen LogP contribution in [-0.2, 0) is 9.59 Å². The van der Waals surface area contributed by atoms with Gasteiger partial charge in [0.15, 0.2) is 0 Å². The Bertz CT molecular complexity index is 790. The molecule has 2 amide bonds. The molecule has 7 nitrogen and oxygen atoms in total. The van der Waals surface area contributed by atoms with Crippen molar-refractivity contribution in [3.8, 4) is 0 Å². The van der Waals surface area contributed by atoms with Gasteiger partial charge in [0, 0.05) is 37.5 Å². The summed E-state index contributed by atoms with van der Waals surface area (Å²) in [6.45, 7) is 2.72. The summed E-state index contributed by atoms with van der Waals surface area (Å²) >= 11 is 0. The fourth-order valence-electron chi connectivity index (χ4n) is 3.06.